The first-order valence-corrected chi connectivity index (χ1v) is 11.0. The Morgan fingerprint density at radius 2 is 1.57 bits per heavy atom. The van der Waals surface area contributed by atoms with Crippen molar-refractivity contribution >= 4 is 48.1 Å². The molecular formula is C17H32N4O5S2. The number of carbonyl (C=O) groups is 4. The van der Waals surface area contributed by atoms with Crippen LogP contribution in [0.3, 0.4) is 0 Å². The molecule has 0 spiro atoms. The van der Waals surface area contributed by atoms with Crippen molar-refractivity contribution in [1.82, 2.24) is 16.0 Å². The summed E-state index contributed by atoms with van der Waals surface area (Å²) in [6, 6.07) is -3.70. The van der Waals surface area contributed by atoms with Gasteiger partial charge in [0.15, 0.2) is 0 Å². The first-order valence-electron chi connectivity index (χ1n) is 9.02. The Hall–Kier alpha value is -1.46. The molecule has 0 rings (SSSR count). The molecular weight excluding hydrogens is 404 g/mol. The van der Waals surface area contributed by atoms with Crippen LogP contribution >= 0.6 is 24.4 Å². The van der Waals surface area contributed by atoms with Gasteiger partial charge >= 0.3 is 5.97 Å². The van der Waals surface area contributed by atoms with Crippen LogP contribution in [0.1, 0.15) is 33.6 Å². The first-order chi connectivity index (χ1) is 13.0. The summed E-state index contributed by atoms with van der Waals surface area (Å²) in [4.78, 5) is 48.1. The van der Waals surface area contributed by atoms with E-state index in [-0.39, 0.29) is 18.1 Å². The van der Waals surface area contributed by atoms with Crippen LogP contribution in [0.2, 0.25) is 0 Å². The molecule has 0 aromatic heterocycles. The molecule has 28 heavy (non-hydrogen) atoms. The monoisotopic (exact) mass is 436 g/mol. The van der Waals surface area contributed by atoms with Crippen LogP contribution < -0.4 is 21.7 Å². The van der Waals surface area contributed by atoms with Crippen LogP contribution in [-0.4, -0.2) is 70.7 Å². The zero-order valence-corrected chi connectivity index (χ0v) is 18.4. The van der Waals surface area contributed by atoms with Gasteiger partial charge in [-0.05, 0) is 37.7 Å². The molecule has 3 amide bonds. The summed E-state index contributed by atoms with van der Waals surface area (Å²) in [5, 5.41) is 16.8. The number of carboxylic acids is 1. The maximum Gasteiger partial charge on any atom is 0.326 e. The van der Waals surface area contributed by atoms with Crippen LogP contribution in [0.15, 0.2) is 0 Å². The van der Waals surface area contributed by atoms with Gasteiger partial charge in [0.25, 0.3) is 0 Å². The number of carbonyl (C=O) groups excluding carboxylic acids is 3. The second kappa shape index (κ2) is 13.7. The number of thioether (sulfide) groups is 1. The van der Waals surface area contributed by atoms with E-state index >= 15 is 0 Å². The Morgan fingerprint density at radius 3 is 2.04 bits per heavy atom. The first kappa shape index (κ1) is 26.5. The Balaban J connectivity index is 5.04. The molecule has 4 unspecified atom stereocenters. The van der Waals surface area contributed by atoms with E-state index in [1.165, 1.54) is 18.7 Å². The van der Waals surface area contributed by atoms with Crippen LogP contribution in [0.25, 0.3) is 0 Å². The second-order valence-electron chi connectivity index (χ2n) is 6.89. The lowest BCUT2D eigenvalue weighted by molar-refractivity contribution is -0.142. The predicted molar refractivity (Wildman–Crippen MR) is 113 cm³/mol. The molecule has 9 nitrogen and oxygen atoms in total. The summed E-state index contributed by atoms with van der Waals surface area (Å²) in [7, 11) is 0. The molecule has 0 heterocycles. The molecule has 0 fully saturated rings. The third-order valence-corrected chi connectivity index (χ3v) is 4.89. The molecule has 162 valence electrons. The second-order valence-corrected chi connectivity index (χ2v) is 8.24. The van der Waals surface area contributed by atoms with E-state index in [0.717, 1.165) is 0 Å². The van der Waals surface area contributed by atoms with Gasteiger partial charge in [-0.3, -0.25) is 14.4 Å². The number of nitrogens with two attached hydrogens (primary N) is 1. The lowest BCUT2D eigenvalue weighted by atomic mass is 10.0. The zero-order valence-electron chi connectivity index (χ0n) is 16.7. The molecule has 11 heteroatoms. The van der Waals surface area contributed by atoms with Crippen molar-refractivity contribution in [3.05, 3.63) is 0 Å². The van der Waals surface area contributed by atoms with E-state index < -0.39 is 47.9 Å². The van der Waals surface area contributed by atoms with E-state index in [0.29, 0.717) is 12.2 Å². The van der Waals surface area contributed by atoms with Gasteiger partial charge in [0, 0.05) is 5.75 Å². The van der Waals surface area contributed by atoms with E-state index in [4.69, 9.17) is 5.73 Å². The highest BCUT2D eigenvalue weighted by atomic mass is 32.2. The Morgan fingerprint density at radius 1 is 1.00 bits per heavy atom. The quantitative estimate of drug-likeness (QED) is 0.215. The zero-order chi connectivity index (χ0) is 21.9. The molecule has 0 aliphatic heterocycles. The number of nitrogens with one attached hydrogen (secondary N) is 3. The van der Waals surface area contributed by atoms with Crippen molar-refractivity contribution in [2.75, 3.05) is 17.8 Å². The smallest absolute Gasteiger partial charge is 0.326 e. The fourth-order valence-electron chi connectivity index (χ4n) is 2.24. The fraction of sp³-hybridized carbons (Fsp3) is 0.765. The molecule has 0 aromatic carbocycles. The fourth-order valence-corrected chi connectivity index (χ4v) is 2.87. The highest BCUT2D eigenvalue weighted by Crippen LogP contribution is 2.07. The standard InChI is InChI=1S/C17H32N4O5S2/c1-9(2)7-13(17(25)26)21-16(24)12(5-6-28-4)20-14(22)10(3)19-15(23)11(18)8-27/h9-13,27H,5-8,18H2,1-4H3,(H,19,23)(H,20,22)(H,21,24)(H,25,26). The SMILES string of the molecule is CSCCC(NC(=O)C(C)NC(=O)C(N)CS)C(=O)NC(CC(C)C)C(=O)O. The van der Waals surface area contributed by atoms with Crippen LogP contribution in [0.5, 0.6) is 0 Å². The molecule has 0 radical (unpaired) electrons. The van der Waals surface area contributed by atoms with Crippen LogP contribution in [-0.2, 0) is 19.2 Å². The largest absolute Gasteiger partial charge is 0.480 e. The van der Waals surface area contributed by atoms with Gasteiger partial charge in [-0.25, -0.2) is 4.79 Å². The molecule has 0 aliphatic rings. The number of hydrogen-bond donors (Lipinski definition) is 6. The number of hydrogen-bond acceptors (Lipinski definition) is 7. The van der Waals surface area contributed by atoms with Gasteiger partial charge in [-0.1, -0.05) is 13.8 Å². The average molecular weight is 437 g/mol. The van der Waals surface area contributed by atoms with Crippen LogP contribution in [0.4, 0.5) is 0 Å². The highest BCUT2D eigenvalue weighted by molar-refractivity contribution is 7.98. The lowest BCUT2D eigenvalue weighted by Crippen LogP contribution is -2.56. The maximum atomic E-state index is 12.6. The molecule has 0 saturated carbocycles. The highest BCUT2D eigenvalue weighted by Gasteiger charge is 2.28. The van der Waals surface area contributed by atoms with E-state index in [9.17, 15) is 24.3 Å². The normalized spacial score (nSPS) is 15.2. The lowest BCUT2D eigenvalue weighted by Gasteiger charge is -2.24. The Kier molecular flexibility index (Phi) is 13.0. The minimum Gasteiger partial charge on any atom is -0.480 e. The Labute approximate surface area is 175 Å². The summed E-state index contributed by atoms with van der Waals surface area (Å²) in [6.07, 6.45) is 2.46. The molecule has 0 saturated heterocycles. The molecule has 0 aliphatic carbocycles. The Bertz CT molecular complexity index is 548. The van der Waals surface area contributed by atoms with Crippen molar-refractivity contribution < 1.29 is 24.3 Å². The molecule has 0 bridgehead atoms. The van der Waals surface area contributed by atoms with E-state index in [2.05, 4.69) is 28.6 Å². The number of amides is 3. The van der Waals surface area contributed by atoms with Crippen molar-refractivity contribution in [2.24, 2.45) is 11.7 Å². The van der Waals surface area contributed by atoms with Gasteiger partial charge < -0.3 is 26.8 Å². The summed E-state index contributed by atoms with van der Waals surface area (Å²) < 4.78 is 0. The van der Waals surface area contributed by atoms with E-state index in [1.807, 2.05) is 20.1 Å². The summed E-state index contributed by atoms with van der Waals surface area (Å²) in [5.41, 5.74) is 5.56. The molecule has 0 aromatic rings. The van der Waals surface area contributed by atoms with Crippen molar-refractivity contribution in [3.8, 4) is 0 Å². The number of thiol groups is 1. The van der Waals surface area contributed by atoms with Crippen molar-refractivity contribution in [2.45, 2.75) is 57.8 Å². The molecule has 4 atom stereocenters. The third kappa shape index (κ3) is 10.2. The maximum absolute atomic E-state index is 12.6. The van der Waals surface area contributed by atoms with Gasteiger partial charge in [-0.2, -0.15) is 24.4 Å². The number of aliphatic carboxylic acids is 1. The third-order valence-electron chi connectivity index (χ3n) is 3.85. The minimum atomic E-state index is -1.13. The molecule has 6 N–H and O–H groups in total. The van der Waals surface area contributed by atoms with Crippen molar-refractivity contribution in [3.63, 3.8) is 0 Å². The summed E-state index contributed by atoms with van der Waals surface area (Å²) in [5.74, 6) is -1.98. The predicted octanol–water partition coefficient (Wildman–Crippen LogP) is -0.398. The summed E-state index contributed by atoms with van der Waals surface area (Å²) in [6.45, 7) is 5.19. The van der Waals surface area contributed by atoms with Gasteiger partial charge in [-0.15, -0.1) is 0 Å². The van der Waals surface area contributed by atoms with Gasteiger partial charge in [0.1, 0.15) is 18.1 Å². The average Bonchev–Trinajstić information content (AvgIpc) is 2.62. The van der Waals surface area contributed by atoms with Crippen molar-refractivity contribution in [1.29, 1.82) is 0 Å². The van der Waals surface area contributed by atoms with Crippen LogP contribution in [0, 0.1) is 5.92 Å². The van der Waals surface area contributed by atoms with E-state index in [1.54, 1.807) is 0 Å². The number of carboxylic acid groups (broad SMARTS) is 1. The topological polar surface area (TPSA) is 151 Å². The van der Waals surface area contributed by atoms with Gasteiger partial charge in [0.2, 0.25) is 17.7 Å². The summed E-state index contributed by atoms with van der Waals surface area (Å²) >= 11 is 5.43. The minimum absolute atomic E-state index is 0.0758. The van der Waals surface area contributed by atoms with Gasteiger partial charge in [0.05, 0.1) is 6.04 Å². The number of rotatable bonds is 13.